The van der Waals surface area contributed by atoms with Crippen LogP contribution in [0, 0.1) is 12.7 Å². The van der Waals surface area contributed by atoms with E-state index in [0.29, 0.717) is 16.0 Å². The third-order valence-electron chi connectivity index (χ3n) is 1.67. The Balaban J connectivity index is 2.81. The minimum absolute atomic E-state index is 0.272. The van der Waals surface area contributed by atoms with Crippen molar-refractivity contribution in [1.29, 1.82) is 0 Å². The maximum atomic E-state index is 12.7. The maximum Gasteiger partial charge on any atom is 0.199 e. The van der Waals surface area contributed by atoms with Gasteiger partial charge in [-0.25, -0.2) is 4.39 Å². The van der Waals surface area contributed by atoms with Crippen LogP contribution in [0.3, 0.4) is 0 Å². The number of hydrogen-bond donors (Lipinski definition) is 1. The first kappa shape index (κ1) is 7.02. The highest BCUT2D eigenvalue weighted by atomic mass is 19.1. The van der Waals surface area contributed by atoms with Crippen LogP contribution in [0.2, 0.25) is 0 Å². The Labute approximate surface area is 67.6 Å². The fourth-order valence-corrected chi connectivity index (χ4v) is 1.08. The smallest absolute Gasteiger partial charge is 0.199 e. The van der Waals surface area contributed by atoms with E-state index in [-0.39, 0.29) is 5.82 Å². The number of aryl methyl sites for hydroxylation is 1. The van der Waals surface area contributed by atoms with Crippen LogP contribution >= 0.6 is 0 Å². The molecule has 2 aliphatic rings. The molecule has 0 aromatic rings. The highest BCUT2D eigenvalue weighted by Gasteiger charge is 2.14. The van der Waals surface area contributed by atoms with Gasteiger partial charge in [0.15, 0.2) is 5.82 Å². The molecule has 4 nitrogen and oxygen atoms in total. The Morgan fingerprint density at radius 1 is 1.50 bits per heavy atom. The summed E-state index contributed by atoms with van der Waals surface area (Å²) in [6.07, 6.45) is 0.941. The first-order valence-corrected chi connectivity index (χ1v) is 3.38. The highest BCUT2D eigenvalue weighted by Crippen LogP contribution is 2.21. The number of fused-ring (bicyclic) bond motifs is 1. The van der Waals surface area contributed by atoms with Crippen molar-refractivity contribution < 1.29 is 9.60 Å². The monoisotopic (exact) mass is 167 g/mol. The summed E-state index contributed by atoms with van der Waals surface area (Å²) in [7, 11) is 0. The van der Waals surface area contributed by atoms with Crippen LogP contribution in [0.25, 0.3) is 11.4 Å². The molecule has 0 spiro atoms. The van der Waals surface area contributed by atoms with E-state index in [2.05, 4.69) is 10.2 Å². The minimum Gasteiger partial charge on any atom is -0.427 e. The molecular formula is C7H6FN3O. The molecule has 0 aromatic carbocycles. The lowest BCUT2D eigenvalue weighted by molar-refractivity contribution is 0.182. The van der Waals surface area contributed by atoms with Gasteiger partial charge in [0.25, 0.3) is 0 Å². The summed E-state index contributed by atoms with van der Waals surface area (Å²) < 4.78 is 13.3. The van der Waals surface area contributed by atoms with Crippen molar-refractivity contribution >= 4 is 0 Å². The van der Waals surface area contributed by atoms with Gasteiger partial charge in [0.1, 0.15) is 5.82 Å². The van der Waals surface area contributed by atoms with Gasteiger partial charge in [0.05, 0.1) is 11.9 Å². The van der Waals surface area contributed by atoms with Crippen LogP contribution in [0.4, 0.5) is 4.39 Å². The van der Waals surface area contributed by atoms with Crippen LogP contribution in [-0.4, -0.2) is 20.1 Å². The molecular weight excluding hydrogens is 161 g/mol. The molecule has 0 bridgehead atoms. The van der Waals surface area contributed by atoms with Crippen molar-refractivity contribution in [2.45, 2.75) is 6.92 Å². The molecule has 0 saturated heterocycles. The van der Waals surface area contributed by atoms with Crippen LogP contribution in [-0.2, 0) is 0 Å². The highest BCUT2D eigenvalue weighted by molar-refractivity contribution is 5.59. The second-order valence-electron chi connectivity index (χ2n) is 2.53. The van der Waals surface area contributed by atoms with Crippen LogP contribution in [0.5, 0.6) is 0 Å². The first-order chi connectivity index (χ1) is 5.68. The van der Waals surface area contributed by atoms with Crippen molar-refractivity contribution in [2.75, 3.05) is 0 Å². The lowest BCUT2D eigenvalue weighted by Gasteiger charge is -2.02. The van der Waals surface area contributed by atoms with Gasteiger partial charge in [-0.05, 0) is 13.0 Å². The number of aromatic nitrogens is 3. The molecule has 0 radical (unpaired) electrons. The largest absolute Gasteiger partial charge is 0.427 e. The molecule has 2 aliphatic heterocycles. The van der Waals surface area contributed by atoms with Gasteiger partial charge >= 0.3 is 0 Å². The summed E-state index contributed by atoms with van der Waals surface area (Å²) in [5, 5.41) is 16.5. The zero-order chi connectivity index (χ0) is 8.72. The van der Waals surface area contributed by atoms with E-state index in [1.165, 1.54) is 6.07 Å². The Morgan fingerprint density at radius 2 is 2.25 bits per heavy atom. The van der Waals surface area contributed by atoms with Gasteiger partial charge in [0.2, 0.25) is 0 Å². The van der Waals surface area contributed by atoms with E-state index in [1.54, 1.807) is 6.92 Å². The van der Waals surface area contributed by atoms with E-state index in [0.717, 1.165) is 6.20 Å². The van der Waals surface area contributed by atoms with E-state index in [1.807, 2.05) is 0 Å². The second-order valence-corrected chi connectivity index (χ2v) is 2.53. The third-order valence-corrected chi connectivity index (χ3v) is 1.67. The summed E-state index contributed by atoms with van der Waals surface area (Å²) in [5.74, 6) is -0.239. The molecule has 62 valence electrons. The molecule has 1 N–H and O–H groups in total. The van der Waals surface area contributed by atoms with Gasteiger partial charge in [-0.2, -0.15) is 9.83 Å². The molecule has 0 aliphatic carbocycles. The van der Waals surface area contributed by atoms with Crippen molar-refractivity contribution in [2.24, 2.45) is 0 Å². The van der Waals surface area contributed by atoms with Crippen molar-refractivity contribution in [1.82, 2.24) is 14.9 Å². The van der Waals surface area contributed by atoms with E-state index >= 15 is 0 Å². The van der Waals surface area contributed by atoms with Crippen LogP contribution in [0.15, 0.2) is 12.3 Å². The molecule has 0 atom stereocenters. The molecule has 2 rings (SSSR count). The molecule has 0 amide bonds. The molecule has 0 fully saturated rings. The number of rotatable bonds is 0. The van der Waals surface area contributed by atoms with E-state index in [4.69, 9.17) is 5.21 Å². The third kappa shape index (κ3) is 0.827. The molecule has 12 heavy (non-hydrogen) atoms. The van der Waals surface area contributed by atoms with E-state index < -0.39 is 5.82 Å². The number of nitrogens with zero attached hydrogens (tertiary/aromatic N) is 3. The molecule has 0 saturated carbocycles. The second kappa shape index (κ2) is 2.17. The SMILES string of the molecule is Cc1nnc2n(O)cc(F)cc1-2. The summed E-state index contributed by atoms with van der Waals surface area (Å²) in [6.45, 7) is 1.70. The minimum atomic E-state index is -0.511. The number of hydrogen-bond acceptors (Lipinski definition) is 3. The topological polar surface area (TPSA) is 50.9 Å². The first-order valence-electron chi connectivity index (χ1n) is 3.38. The van der Waals surface area contributed by atoms with Crippen LogP contribution < -0.4 is 0 Å². The lowest BCUT2D eigenvalue weighted by Crippen LogP contribution is -1.99. The molecule has 0 unspecified atom stereocenters. The predicted molar refractivity (Wildman–Crippen MR) is 38.5 cm³/mol. The quantitative estimate of drug-likeness (QED) is 0.597. The van der Waals surface area contributed by atoms with Crippen molar-refractivity contribution in [3.8, 4) is 11.4 Å². The van der Waals surface area contributed by atoms with Gasteiger partial charge < -0.3 is 5.21 Å². The lowest BCUT2D eigenvalue weighted by atomic mass is 10.2. The fraction of sp³-hybridized carbons (Fsp3) is 0.143. The summed E-state index contributed by atoms with van der Waals surface area (Å²) in [5.41, 5.74) is 1.13. The van der Waals surface area contributed by atoms with Gasteiger partial charge in [-0.15, -0.1) is 5.10 Å². The summed E-state index contributed by atoms with van der Waals surface area (Å²) >= 11 is 0. The Hall–Kier alpha value is -1.65. The molecule has 0 aromatic heterocycles. The zero-order valence-electron chi connectivity index (χ0n) is 6.32. The van der Waals surface area contributed by atoms with Crippen molar-refractivity contribution in [3.63, 3.8) is 0 Å². The van der Waals surface area contributed by atoms with Gasteiger partial charge in [-0.3, -0.25) is 0 Å². The molecule has 2 heterocycles. The fourth-order valence-electron chi connectivity index (χ4n) is 1.08. The van der Waals surface area contributed by atoms with Crippen molar-refractivity contribution in [3.05, 3.63) is 23.8 Å². The Bertz CT molecular complexity index is 398. The summed E-state index contributed by atoms with van der Waals surface area (Å²) in [4.78, 5) is 0. The Morgan fingerprint density at radius 3 is 3.00 bits per heavy atom. The molecule has 5 heteroatoms. The number of pyridine rings is 1. The standard InChI is InChI=1S/C7H6FN3O/c1-4-6-2-5(8)3-11(12)7(6)10-9-4/h2-3,12H,1H3. The predicted octanol–water partition coefficient (Wildman–Crippen LogP) is 1.07. The zero-order valence-corrected chi connectivity index (χ0v) is 6.32. The average Bonchev–Trinajstić information content (AvgIpc) is 2.33. The maximum absolute atomic E-state index is 12.7. The Kier molecular flexibility index (Phi) is 1.27. The average molecular weight is 167 g/mol. The number of halogens is 1. The normalized spacial score (nSPS) is 10.8. The van der Waals surface area contributed by atoms with Crippen LogP contribution in [0.1, 0.15) is 5.69 Å². The van der Waals surface area contributed by atoms with Gasteiger partial charge in [-0.1, -0.05) is 0 Å². The van der Waals surface area contributed by atoms with E-state index in [9.17, 15) is 4.39 Å². The summed E-state index contributed by atoms with van der Waals surface area (Å²) in [6, 6.07) is 1.29. The van der Waals surface area contributed by atoms with Gasteiger partial charge in [0, 0.05) is 5.56 Å².